The Labute approximate surface area is 107 Å². The van der Waals surface area contributed by atoms with Crippen molar-refractivity contribution >= 4 is 32.4 Å². The van der Waals surface area contributed by atoms with Crippen LogP contribution < -0.4 is 5.32 Å². The van der Waals surface area contributed by atoms with Gasteiger partial charge in [0.25, 0.3) is 0 Å². The zero-order valence-electron chi connectivity index (χ0n) is 8.85. The van der Waals surface area contributed by atoms with Crippen LogP contribution in [0, 0.1) is 0 Å². The molecule has 0 spiro atoms. The van der Waals surface area contributed by atoms with Crippen molar-refractivity contribution in [3.63, 3.8) is 0 Å². The fraction of sp³-hybridized carbons (Fsp3) is 0.273. The lowest BCUT2D eigenvalue weighted by Gasteiger charge is -2.11. The molecule has 1 atom stereocenters. The molecule has 1 aromatic carbocycles. The number of hydrogen-bond donors (Lipinski definition) is 1. The van der Waals surface area contributed by atoms with Crippen LogP contribution in [-0.2, 0) is 6.42 Å². The molecule has 16 heavy (non-hydrogen) atoms. The molecule has 0 aliphatic rings. The monoisotopic (exact) mass is 297 g/mol. The van der Waals surface area contributed by atoms with E-state index in [9.17, 15) is 0 Å². The molecular formula is C11H12BrN3S. The van der Waals surface area contributed by atoms with E-state index in [1.54, 1.807) is 0 Å². The molecule has 0 saturated heterocycles. The first-order valence-electron chi connectivity index (χ1n) is 5.03. The van der Waals surface area contributed by atoms with Gasteiger partial charge in [-0.3, -0.25) is 0 Å². The molecule has 1 N–H and O–H groups in total. The van der Waals surface area contributed by atoms with Crippen LogP contribution in [0.5, 0.6) is 0 Å². The molecule has 84 valence electrons. The summed E-state index contributed by atoms with van der Waals surface area (Å²) in [5.74, 6) is 0. The number of rotatable bonds is 4. The zero-order chi connectivity index (χ0) is 11.4. The molecular weight excluding hydrogens is 286 g/mol. The second kappa shape index (κ2) is 5.41. The summed E-state index contributed by atoms with van der Waals surface area (Å²) in [4.78, 5) is 0. The average molecular weight is 298 g/mol. The summed E-state index contributed by atoms with van der Waals surface area (Å²) in [6.45, 7) is 2.14. The largest absolute Gasteiger partial charge is 0.357 e. The maximum Gasteiger partial charge on any atom is 0.206 e. The van der Waals surface area contributed by atoms with Gasteiger partial charge in [-0.15, -0.1) is 10.2 Å². The van der Waals surface area contributed by atoms with Crippen LogP contribution in [0.2, 0.25) is 0 Å². The minimum Gasteiger partial charge on any atom is -0.357 e. The lowest BCUT2D eigenvalue weighted by Crippen LogP contribution is -2.17. The highest BCUT2D eigenvalue weighted by atomic mass is 79.9. The second-order valence-electron chi connectivity index (χ2n) is 3.60. The van der Waals surface area contributed by atoms with E-state index in [0.717, 1.165) is 15.5 Å². The quantitative estimate of drug-likeness (QED) is 0.940. The number of nitrogens with one attached hydrogen (secondary N) is 1. The predicted molar refractivity (Wildman–Crippen MR) is 70.8 cm³/mol. The highest BCUT2D eigenvalue weighted by molar-refractivity contribution is 9.11. The van der Waals surface area contributed by atoms with Crippen LogP contribution >= 0.6 is 27.3 Å². The molecule has 2 rings (SSSR count). The summed E-state index contributed by atoms with van der Waals surface area (Å²) in [5.41, 5.74) is 1.33. The zero-order valence-corrected chi connectivity index (χ0v) is 11.3. The van der Waals surface area contributed by atoms with Crippen LogP contribution in [0.1, 0.15) is 12.5 Å². The SMILES string of the molecule is CC(Cc1ccccc1)Nc1nnc(Br)s1. The van der Waals surface area contributed by atoms with Crippen molar-refractivity contribution in [3.05, 3.63) is 39.8 Å². The van der Waals surface area contributed by atoms with E-state index in [1.807, 2.05) is 6.07 Å². The lowest BCUT2D eigenvalue weighted by atomic mass is 10.1. The summed E-state index contributed by atoms with van der Waals surface area (Å²) in [7, 11) is 0. The van der Waals surface area contributed by atoms with Crippen molar-refractivity contribution in [2.75, 3.05) is 5.32 Å². The van der Waals surface area contributed by atoms with Crippen molar-refractivity contribution in [1.82, 2.24) is 10.2 Å². The van der Waals surface area contributed by atoms with Crippen LogP contribution in [0.15, 0.2) is 34.2 Å². The van der Waals surface area contributed by atoms with Gasteiger partial charge in [-0.2, -0.15) is 0 Å². The molecule has 1 heterocycles. The molecule has 0 aliphatic carbocycles. The van der Waals surface area contributed by atoms with Gasteiger partial charge in [0.15, 0.2) is 3.92 Å². The van der Waals surface area contributed by atoms with Gasteiger partial charge in [0.2, 0.25) is 5.13 Å². The van der Waals surface area contributed by atoms with E-state index in [0.29, 0.717) is 6.04 Å². The maximum absolute atomic E-state index is 4.01. The summed E-state index contributed by atoms with van der Waals surface area (Å²) in [5, 5.41) is 12.1. The Kier molecular flexibility index (Phi) is 3.90. The Morgan fingerprint density at radius 2 is 2.06 bits per heavy atom. The first-order valence-corrected chi connectivity index (χ1v) is 6.64. The highest BCUT2D eigenvalue weighted by Gasteiger charge is 2.06. The Hall–Kier alpha value is -0.940. The standard InChI is InChI=1S/C11H12BrN3S/c1-8(7-9-5-3-2-4-6-9)13-11-15-14-10(12)16-11/h2-6,8H,7H2,1H3,(H,13,15). The van der Waals surface area contributed by atoms with E-state index in [1.165, 1.54) is 16.9 Å². The van der Waals surface area contributed by atoms with Crippen molar-refractivity contribution in [2.45, 2.75) is 19.4 Å². The third-order valence-corrected chi connectivity index (χ3v) is 3.44. The van der Waals surface area contributed by atoms with E-state index < -0.39 is 0 Å². The molecule has 0 bridgehead atoms. The van der Waals surface area contributed by atoms with E-state index in [4.69, 9.17) is 0 Å². The number of benzene rings is 1. The highest BCUT2D eigenvalue weighted by Crippen LogP contribution is 2.21. The Morgan fingerprint density at radius 1 is 1.31 bits per heavy atom. The number of hydrogen-bond acceptors (Lipinski definition) is 4. The van der Waals surface area contributed by atoms with Crippen LogP contribution in [0.3, 0.4) is 0 Å². The van der Waals surface area contributed by atoms with Crippen molar-refractivity contribution in [3.8, 4) is 0 Å². The Morgan fingerprint density at radius 3 is 2.69 bits per heavy atom. The predicted octanol–water partition coefficient (Wildman–Crippen LogP) is 3.34. The number of nitrogens with zero attached hydrogens (tertiary/aromatic N) is 2. The fourth-order valence-electron chi connectivity index (χ4n) is 1.49. The number of aromatic nitrogens is 2. The van der Waals surface area contributed by atoms with Gasteiger partial charge >= 0.3 is 0 Å². The molecule has 1 unspecified atom stereocenters. The van der Waals surface area contributed by atoms with Gasteiger partial charge in [-0.05, 0) is 34.8 Å². The third-order valence-electron chi connectivity index (χ3n) is 2.15. The smallest absolute Gasteiger partial charge is 0.206 e. The van der Waals surface area contributed by atoms with Gasteiger partial charge < -0.3 is 5.32 Å². The molecule has 0 aliphatic heterocycles. The Balaban J connectivity index is 1.92. The molecule has 0 saturated carbocycles. The number of anilines is 1. The summed E-state index contributed by atoms with van der Waals surface area (Å²) in [6.07, 6.45) is 0.984. The lowest BCUT2D eigenvalue weighted by molar-refractivity contribution is 0.785. The minimum atomic E-state index is 0.349. The van der Waals surface area contributed by atoms with E-state index >= 15 is 0 Å². The van der Waals surface area contributed by atoms with E-state index in [-0.39, 0.29) is 0 Å². The van der Waals surface area contributed by atoms with Gasteiger partial charge in [0, 0.05) is 6.04 Å². The van der Waals surface area contributed by atoms with E-state index in [2.05, 4.69) is 62.6 Å². The molecule has 5 heteroatoms. The van der Waals surface area contributed by atoms with Crippen molar-refractivity contribution < 1.29 is 0 Å². The average Bonchev–Trinajstić information content (AvgIpc) is 2.65. The molecule has 0 amide bonds. The maximum atomic E-state index is 4.01. The molecule has 0 fully saturated rings. The number of halogens is 1. The van der Waals surface area contributed by atoms with Gasteiger partial charge in [0.05, 0.1) is 0 Å². The van der Waals surface area contributed by atoms with Gasteiger partial charge in [-0.25, -0.2) is 0 Å². The van der Waals surface area contributed by atoms with Crippen LogP contribution in [0.4, 0.5) is 5.13 Å². The molecule has 1 aromatic heterocycles. The fourth-order valence-corrected chi connectivity index (χ4v) is 2.62. The van der Waals surface area contributed by atoms with Gasteiger partial charge in [-0.1, -0.05) is 41.7 Å². The third kappa shape index (κ3) is 3.28. The molecule has 3 nitrogen and oxygen atoms in total. The van der Waals surface area contributed by atoms with Gasteiger partial charge in [0.1, 0.15) is 0 Å². The topological polar surface area (TPSA) is 37.8 Å². The second-order valence-corrected chi connectivity index (χ2v) is 5.85. The van der Waals surface area contributed by atoms with Crippen molar-refractivity contribution in [1.29, 1.82) is 0 Å². The summed E-state index contributed by atoms with van der Waals surface area (Å²) in [6, 6.07) is 10.8. The molecule has 2 aromatic rings. The van der Waals surface area contributed by atoms with Crippen LogP contribution in [0.25, 0.3) is 0 Å². The first kappa shape index (κ1) is 11.5. The minimum absolute atomic E-state index is 0.349. The van der Waals surface area contributed by atoms with Crippen molar-refractivity contribution in [2.24, 2.45) is 0 Å². The normalized spacial score (nSPS) is 12.4. The summed E-state index contributed by atoms with van der Waals surface area (Å²) >= 11 is 4.80. The summed E-state index contributed by atoms with van der Waals surface area (Å²) < 4.78 is 0.807. The Bertz CT molecular complexity index is 444. The van der Waals surface area contributed by atoms with Crippen LogP contribution in [-0.4, -0.2) is 16.2 Å². The first-order chi connectivity index (χ1) is 7.74. The molecule has 0 radical (unpaired) electrons.